The Hall–Kier alpha value is -3.05. The van der Waals surface area contributed by atoms with Gasteiger partial charge < -0.3 is 14.8 Å². The normalized spacial score (nSPS) is 10.5. The fourth-order valence-corrected chi connectivity index (χ4v) is 2.27. The van der Waals surface area contributed by atoms with Crippen LogP contribution in [0.4, 0.5) is 0 Å². The van der Waals surface area contributed by atoms with Gasteiger partial charge in [-0.1, -0.05) is 36.4 Å². The van der Waals surface area contributed by atoms with E-state index in [2.05, 4.69) is 11.9 Å². The highest BCUT2D eigenvalue weighted by atomic mass is 35.5. The molecule has 0 radical (unpaired) electrons. The largest absolute Gasteiger partial charge is 0.488 e. The summed E-state index contributed by atoms with van der Waals surface area (Å²) in [6.07, 6.45) is 3.22. The van der Waals surface area contributed by atoms with E-state index < -0.39 is 0 Å². The van der Waals surface area contributed by atoms with E-state index in [1.54, 1.807) is 42.5 Å². The lowest BCUT2D eigenvalue weighted by molar-refractivity contribution is -0.122. The monoisotopic (exact) mass is 399 g/mol. The van der Waals surface area contributed by atoms with Gasteiger partial charge >= 0.3 is 0 Å². The number of ether oxygens (including phenoxy) is 2. The Bertz CT molecular complexity index is 842. The highest BCUT2D eigenvalue weighted by Gasteiger charge is 2.04. The van der Waals surface area contributed by atoms with Gasteiger partial charge in [0.1, 0.15) is 18.1 Å². The summed E-state index contributed by atoms with van der Waals surface area (Å²) < 4.78 is 10.8. The van der Waals surface area contributed by atoms with E-state index >= 15 is 0 Å². The second-order valence-corrected chi connectivity index (χ2v) is 6.37. The molecule has 6 heteroatoms. The maximum atomic E-state index is 12.3. The van der Waals surface area contributed by atoms with Gasteiger partial charge in [-0.05, 0) is 55.0 Å². The van der Waals surface area contributed by atoms with Crippen molar-refractivity contribution in [3.8, 4) is 11.5 Å². The predicted octanol–water partition coefficient (Wildman–Crippen LogP) is 4.23. The Labute approximate surface area is 169 Å². The summed E-state index contributed by atoms with van der Waals surface area (Å²) in [5.74, 6) is 0.918. The van der Waals surface area contributed by atoms with E-state index in [4.69, 9.17) is 21.1 Å². The summed E-state index contributed by atoms with van der Waals surface area (Å²) in [4.78, 5) is 23.6. The van der Waals surface area contributed by atoms with Crippen molar-refractivity contribution in [2.45, 2.75) is 6.92 Å². The number of carbonyl (C=O) groups excluding carboxylic acids is 2. The van der Waals surface area contributed by atoms with Crippen LogP contribution in [0, 0.1) is 0 Å². The number of benzene rings is 2. The SMILES string of the molecule is C=C(Cl)COc1ccc(C(=O)/C=C/c2ccc(OCC(=O)NCC)cc2)cc1. The molecule has 0 saturated carbocycles. The molecule has 5 nitrogen and oxygen atoms in total. The minimum Gasteiger partial charge on any atom is -0.488 e. The highest BCUT2D eigenvalue weighted by Crippen LogP contribution is 2.16. The maximum absolute atomic E-state index is 12.3. The molecule has 0 atom stereocenters. The lowest BCUT2D eigenvalue weighted by Gasteiger charge is -2.06. The Morgan fingerprint density at radius 3 is 2.14 bits per heavy atom. The lowest BCUT2D eigenvalue weighted by atomic mass is 10.1. The van der Waals surface area contributed by atoms with Crippen LogP contribution in [0.2, 0.25) is 0 Å². The number of ketones is 1. The standard InChI is InChI=1S/C22H22ClNO4/c1-3-24-22(26)15-28-19-9-4-17(5-10-19)6-13-21(25)18-7-11-20(12-8-18)27-14-16(2)23/h4-13H,2-3,14-15H2,1H3,(H,24,26)/b13-6+. The molecule has 2 aromatic carbocycles. The molecule has 0 aromatic heterocycles. The van der Waals surface area contributed by atoms with E-state index in [0.29, 0.717) is 28.6 Å². The van der Waals surface area contributed by atoms with E-state index in [1.807, 2.05) is 19.1 Å². The zero-order valence-electron chi connectivity index (χ0n) is 15.6. The molecule has 1 N–H and O–H groups in total. The maximum Gasteiger partial charge on any atom is 0.257 e. The minimum absolute atomic E-state index is 0.0276. The summed E-state index contributed by atoms with van der Waals surface area (Å²) in [6.45, 7) is 6.16. The minimum atomic E-state index is -0.166. The molecular formula is C22H22ClNO4. The first-order chi connectivity index (χ1) is 13.5. The van der Waals surface area contributed by atoms with Gasteiger partial charge in [-0.25, -0.2) is 0 Å². The van der Waals surface area contributed by atoms with Crippen molar-refractivity contribution in [2.75, 3.05) is 19.8 Å². The average molecular weight is 400 g/mol. The molecule has 146 valence electrons. The number of hydrogen-bond acceptors (Lipinski definition) is 4. The molecule has 0 spiro atoms. The van der Waals surface area contributed by atoms with Crippen LogP contribution in [0.15, 0.2) is 66.2 Å². The summed E-state index contributed by atoms with van der Waals surface area (Å²) >= 11 is 5.65. The summed E-state index contributed by atoms with van der Waals surface area (Å²) in [7, 11) is 0. The van der Waals surface area contributed by atoms with Crippen molar-refractivity contribution in [1.29, 1.82) is 0 Å². The predicted molar refractivity (Wildman–Crippen MR) is 111 cm³/mol. The molecule has 0 heterocycles. The van der Waals surface area contributed by atoms with Gasteiger partial charge in [0.15, 0.2) is 12.4 Å². The van der Waals surface area contributed by atoms with Gasteiger partial charge in [0.25, 0.3) is 5.91 Å². The fraction of sp³-hybridized carbons (Fsp3) is 0.182. The first kappa shape index (κ1) is 21.3. The first-order valence-corrected chi connectivity index (χ1v) is 9.14. The van der Waals surface area contributed by atoms with Crippen LogP contribution in [0.3, 0.4) is 0 Å². The van der Waals surface area contributed by atoms with Crippen molar-refractivity contribution in [1.82, 2.24) is 5.32 Å². The molecule has 28 heavy (non-hydrogen) atoms. The molecule has 1 amide bonds. The lowest BCUT2D eigenvalue weighted by Crippen LogP contribution is -2.28. The van der Waals surface area contributed by atoms with Crippen LogP contribution in [0.25, 0.3) is 6.08 Å². The third-order valence-corrected chi connectivity index (χ3v) is 3.69. The second kappa shape index (κ2) is 10.9. The van der Waals surface area contributed by atoms with Crippen molar-refractivity contribution in [3.63, 3.8) is 0 Å². The van der Waals surface area contributed by atoms with Crippen molar-refractivity contribution in [2.24, 2.45) is 0 Å². The van der Waals surface area contributed by atoms with Crippen molar-refractivity contribution >= 4 is 29.4 Å². The van der Waals surface area contributed by atoms with Crippen LogP contribution in [0.1, 0.15) is 22.8 Å². The Morgan fingerprint density at radius 1 is 1.00 bits per heavy atom. The number of amides is 1. The molecule has 0 aliphatic heterocycles. The van der Waals surface area contributed by atoms with Crippen LogP contribution < -0.4 is 14.8 Å². The zero-order valence-corrected chi connectivity index (χ0v) is 16.4. The number of halogens is 1. The fourth-order valence-electron chi connectivity index (χ4n) is 2.22. The Morgan fingerprint density at radius 2 is 1.57 bits per heavy atom. The van der Waals surface area contributed by atoms with Crippen LogP contribution >= 0.6 is 11.6 Å². The Balaban J connectivity index is 1.89. The molecule has 2 rings (SSSR count). The number of rotatable bonds is 10. The quantitative estimate of drug-likeness (QED) is 0.479. The van der Waals surface area contributed by atoms with Crippen LogP contribution in [-0.4, -0.2) is 31.4 Å². The zero-order chi connectivity index (χ0) is 20.4. The number of nitrogens with one attached hydrogen (secondary N) is 1. The second-order valence-electron chi connectivity index (χ2n) is 5.84. The van der Waals surface area contributed by atoms with E-state index in [1.165, 1.54) is 6.08 Å². The van der Waals surface area contributed by atoms with Gasteiger partial charge in [0.05, 0.1) is 0 Å². The first-order valence-electron chi connectivity index (χ1n) is 8.76. The van der Waals surface area contributed by atoms with Crippen LogP contribution in [-0.2, 0) is 4.79 Å². The number of carbonyl (C=O) groups is 2. The van der Waals surface area contributed by atoms with E-state index in [-0.39, 0.29) is 24.9 Å². The van der Waals surface area contributed by atoms with Gasteiger partial charge in [-0.15, -0.1) is 0 Å². The van der Waals surface area contributed by atoms with Crippen molar-refractivity contribution < 1.29 is 19.1 Å². The Kier molecular flexibility index (Phi) is 8.31. The smallest absolute Gasteiger partial charge is 0.257 e. The third-order valence-electron chi connectivity index (χ3n) is 3.59. The number of allylic oxidation sites excluding steroid dienone is 1. The van der Waals surface area contributed by atoms with Gasteiger partial charge in [-0.2, -0.15) is 0 Å². The molecular weight excluding hydrogens is 378 g/mol. The molecule has 2 aromatic rings. The van der Waals surface area contributed by atoms with Gasteiger partial charge in [0, 0.05) is 17.1 Å². The summed E-state index contributed by atoms with van der Waals surface area (Å²) in [5.41, 5.74) is 1.40. The average Bonchev–Trinajstić information content (AvgIpc) is 2.70. The molecule has 0 bridgehead atoms. The molecule has 0 aliphatic rings. The van der Waals surface area contributed by atoms with Gasteiger partial charge in [-0.3, -0.25) is 9.59 Å². The molecule has 0 saturated heterocycles. The number of likely N-dealkylation sites (N-methyl/N-ethyl adjacent to an activating group) is 1. The van der Waals surface area contributed by atoms with E-state index in [0.717, 1.165) is 5.56 Å². The third kappa shape index (κ3) is 7.29. The highest BCUT2D eigenvalue weighted by molar-refractivity contribution is 6.29. The summed E-state index contributed by atoms with van der Waals surface area (Å²) in [5, 5.41) is 3.07. The van der Waals surface area contributed by atoms with Crippen molar-refractivity contribution in [3.05, 3.63) is 77.3 Å². The molecule has 0 aliphatic carbocycles. The van der Waals surface area contributed by atoms with Gasteiger partial charge in [0.2, 0.25) is 0 Å². The summed E-state index contributed by atoms with van der Waals surface area (Å²) in [6, 6.07) is 13.9. The molecule has 0 fully saturated rings. The number of hydrogen-bond donors (Lipinski definition) is 1. The topological polar surface area (TPSA) is 64.6 Å². The van der Waals surface area contributed by atoms with E-state index in [9.17, 15) is 9.59 Å². The van der Waals surface area contributed by atoms with Crippen LogP contribution in [0.5, 0.6) is 11.5 Å². The molecule has 0 unspecified atom stereocenters.